The molecule has 8 nitrogen and oxygen atoms in total. The summed E-state index contributed by atoms with van der Waals surface area (Å²) in [6.45, 7) is 2.00. The molecule has 3 N–H and O–H groups in total. The maximum Gasteiger partial charge on any atom is 0.343 e. The Balaban J connectivity index is 1.82. The van der Waals surface area contributed by atoms with Gasteiger partial charge in [0.05, 0.1) is 19.0 Å². The van der Waals surface area contributed by atoms with E-state index in [2.05, 4.69) is 15.3 Å². The summed E-state index contributed by atoms with van der Waals surface area (Å²) < 4.78 is 10.3. The van der Waals surface area contributed by atoms with Crippen LogP contribution in [0, 0.1) is 6.92 Å². The van der Waals surface area contributed by atoms with Crippen molar-refractivity contribution < 1.29 is 19.1 Å². The molecule has 0 saturated carbocycles. The molecule has 2 heterocycles. The minimum Gasteiger partial charge on any atom is -0.507 e. The molecule has 0 saturated heterocycles. The van der Waals surface area contributed by atoms with Crippen molar-refractivity contribution in [3.05, 3.63) is 75.9 Å². The van der Waals surface area contributed by atoms with Gasteiger partial charge in [-0.3, -0.25) is 4.79 Å². The third-order valence-electron chi connectivity index (χ3n) is 4.62. The van der Waals surface area contributed by atoms with Crippen molar-refractivity contribution in [3.63, 3.8) is 0 Å². The third kappa shape index (κ3) is 5.04. The van der Waals surface area contributed by atoms with Gasteiger partial charge in [-0.25, -0.2) is 9.78 Å². The van der Waals surface area contributed by atoms with Gasteiger partial charge in [-0.15, -0.1) is 0 Å². The first kappa shape index (κ1) is 20.2. The maximum absolute atomic E-state index is 12.6. The molecule has 1 unspecified atom stereocenters. The molecule has 0 aliphatic carbocycles. The molecule has 1 aromatic carbocycles. The van der Waals surface area contributed by atoms with E-state index < -0.39 is 11.5 Å². The van der Waals surface area contributed by atoms with Crippen LogP contribution in [0.4, 0.5) is 0 Å². The predicted molar refractivity (Wildman–Crippen MR) is 106 cm³/mol. The number of aryl methyl sites for hydroxylation is 1. The summed E-state index contributed by atoms with van der Waals surface area (Å²) in [4.78, 5) is 31.9. The number of nitrogens with zero attached hydrogens (tertiary/aromatic N) is 1. The van der Waals surface area contributed by atoms with E-state index in [1.54, 1.807) is 50.8 Å². The first-order chi connectivity index (χ1) is 14.0. The fraction of sp³-hybridized carbons (Fsp3) is 0.286. The number of carbonyl (C=O) groups excluding carboxylic acids is 1. The molecule has 3 aromatic rings. The van der Waals surface area contributed by atoms with Crippen LogP contribution < -0.4 is 15.7 Å². The van der Waals surface area contributed by atoms with E-state index in [9.17, 15) is 14.7 Å². The number of aromatic amines is 1. The van der Waals surface area contributed by atoms with Crippen molar-refractivity contribution in [1.29, 1.82) is 0 Å². The first-order valence-corrected chi connectivity index (χ1v) is 9.19. The minimum atomic E-state index is -0.662. The number of imidazole rings is 1. The highest BCUT2D eigenvalue weighted by Crippen LogP contribution is 2.32. The van der Waals surface area contributed by atoms with Crippen LogP contribution >= 0.6 is 0 Å². The van der Waals surface area contributed by atoms with Gasteiger partial charge in [0, 0.05) is 43.3 Å². The molecule has 0 bridgehead atoms. The molecule has 8 heteroatoms. The van der Waals surface area contributed by atoms with Gasteiger partial charge >= 0.3 is 5.63 Å². The number of hydrogen-bond donors (Lipinski definition) is 3. The number of nitrogens with one attached hydrogen (secondary N) is 2. The predicted octanol–water partition coefficient (Wildman–Crippen LogP) is 2.27. The summed E-state index contributed by atoms with van der Waals surface area (Å²) in [5, 5.41) is 13.2. The summed E-state index contributed by atoms with van der Waals surface area (Å²) in [5.41, 5.74) is 1.01. The normalized spacial score (nSPS) is 11.8. The number of hydrogen-bond acceptors (Lipinski definition) is 6. The van der Waals surface area contributed by atoms with Crippen LogP contribution in [0.2, 0.25) is 0 Å². The van der Waals surface area contributed by atoms with Crippen LogP contribution in [0.15, 0.2) is 52.1 Å². The molecule has 29 heavy (non-hydrogen) atoms. The van der Waals surface area contributed by atoms with Gasteiger partial charge in [-0.05, 0) is 24.6 Å². The number of ether oxygens (including phenoxy) is 1. The van der Waals surface area contributed by atoms with Gasteiger partial charge in [0.15, 0.2) is 0 Å². The number of rotatable bonds is 8. The van der Waals surface area contributed by atoms with Gasteiger partial charge in [0.1, 0.15) is 17.3 Å². The molecule has 2 aromatic heterocycles. The van der Waals surface area contributed by atoms with Crippen molar-refractivity contribution in [2.75, 3.05) is 13.7 Å². The van der Waals surface area contributed by atoms with E-state index in [1.807, 2.05) is 0 Å². The smallest absolute Gasteiger partial charge is 0.343 e. The highest BCUT2D eigenvalue weighted by molar-refractivity contribution is 5.77. The molecule has 1 amide bonds. The largest absolute Gasteiger partial charge is 0.507 e. The lowest BCUT2D eigenvalue weighted by atomic mass is 9.88. The second kappa shape index (κ2) is 9.09. The quantitative estimate of drug-likeness (QED) is 0.537. The van der Waals surface area contributed by atoms with E-state index in [0.29, 0.717) is 30.0 Å². The fourth-order valence-corrected chi connectivity index (χ4v) is 3.16. The van der Waals surface area contributed by atoms with Crippen LogP contribution in [-0.2, 0) is 11.2 Å². The van der Waals surface area contributed by atoms with E-state index in [0.717, 1.165) is 5.69 Å². The van der Waals surface area contributed by atoms with Crippen molar-refractivity contribution >= 4 is 5.91 Å². The molecule has 0 spiro atoms. The lowest BCUT2D eigenvalue weighted by molar-refractivity contribution is -0.121. The lowest BCUT2D eigenvalue weighted by Gasteiger charge is -2.18. The van der Waals surface area contributed by atoms with Crippen LogP contribution in [-0.4, -0.2) is 34.6 Å². The van der Waals surface area contributed by atoms with E-state index in [1.165, 1.54) is 6.07 Å². The SMILES string of the molecule is COc1ccc(C(CC(=O)NCCc2cnc[nH]2)c2c(O)cc(C)oc2=O)cc1. The lowest BCUT2D eigenvalue weighted by Crippen LogP contribution is -2.28. The second-order valence-electron chi connectivity index (χ2n) is 6.65. The zero-order valence-corrected chi connectivity index (χ0v) is 16.3. The summed E-state index contributed by atoms with van der Waals surface area (Å²) in [5.74, 6) is -0.148. The van der Waals surface area contributed by atoms with Crippen LogP contribution in [0.25, 0.3) is 0 Å². The molecule has 152 valence electrons. The zero-order chi connectivity index (χ0) is 20.8. The monoisotopic (exact) mass is 397 g/mol. The van der Waals surface area contributed by atoms with Gasteiger partial charge < -0.3 is 24.6 Å². The van der Waals surface area contributed by atoms with Gasteiger partial charge in [0.25, 0.3) is 0 Å². The second-order valence-corrected chi connectivity index (χ2v) is 6.65. The van der Waals surface area contributed by atoms with Crippen molar-refractivity contribution in [3.8, 4) is 11.5 Å². The third-order valence-corrected chi connectivity index (χ3v) is 4.62. The summed E-state index contributed by atoms with van der Waals surface area (Å²) in [6, 6.07) is 8.39. The highest BCUT2D eigenvalue weighted by atomic mass is 16.5. The average Bonchev–Trinajstić information content (AvgIpc) is 3.20. The molecule has 0 fully saturated rings. The Bertz CT molecular complexity index is 1010. The van der Waals surface area contributed by atoms with E-state index >= 15 is 0 Å². The van der Waals surface area contributed by atoms with Gasteiger partial charge in [-0.2, -0.15) is 0 Å². The van der Waals surface area contributed by atoms with Crippen LogP contribution in [0.3, 0.4) is 0 Å². The Labute approximate surface area is 167 Å². The Morgan fingerprint density at radius 3 is 2.72 bits per heavy atom. The van der Waals surface area contributed by atoms with Crippen molar-refractivity contribution in [2.45, 2.75) is 25.7 Å². The number of amides is 1. The minimum absolute atomic E-state index is 0.0172. The molecule has 0 radical (unpaired) electrons. The standard InChI is InChI=1S/C21H23N3O5/c1-13-9-18(25)20(21(27)29-13)17(14-3-5-16(28-2)6-4-14)10-19(26)23-8-7-15-11-22-12-24-15/h3-6,9,11-12,17,25H,7-8,10H2,1-2H3,(H,22,24)(H,23,26). The van der Waals surface area contributed by atoms with Crippen LogP contribution in [0.1, 0.15) is 34.9 Å². The summed E-state index contributed by atoms with van der Waals surface area (Å²) in [6.07, 6.45) is 3.87. The Morgan fingerprint density at radius 1 is 1.34 bits per heavy atom. The zero-order valence-electron chi connectivity index (χ0n) is 16.3. The van der Waals surface area contributed by atoms with E-state index in [4.69, 9.17) is 9.15 Å². The Hall–Kier alpha value is -3.55. The summed E-state index contributed by atoms with van der Waals surface area (Å²) in [7, 11) is 1.56. The molecular formula is C21H23N3O5. The Kier molecular flexibility index (Phi) is 6.33. The highest BCUT2D eigenvalue weighted by Gasteiger charge is 2.25. The number of aromatic hydroxyl groups is 1. The number of methoxy groups -OCH3 is 1. The number of H-pyrrole nitrogens is 1. The first-order valence-electron chi connectivity index (χ1n) is 9.19. The molecule has 0 aliphatic rings. The van der Waals surface area contributed by atoms with Crippen LogP contribution in [0.5, 0.6) is 11.5 Å². The summed E-state index contributed by atoms with van der Waals surface area (Å²) >= 11 is 0. The van der Waals surface area contributed by atoms with Crippen molar-refractivity contribution in [1.82, 2.24) is 15.3 Å². The van der Waals surface area contributed by atoms with E-state index in [-0.39, 0.29) is 23.6 Å². The fourth-order valence-electron chi connectivity index (χ4n) is 3.16. The maximum atomic E-state index is 12.6. The molecule has 3 rings (SSSR count). The number of carbonyl (C=O) groups is 1. The molecule has 1 atom stereocenters. The number of benzene rings is 1. The topological polar surface area (TPSA) is 117 Å². The van der Waals surface area contributed by atoms with Gasteiger partial charge in [0.2, 0.25) is 5.91 Å². The number of aromatic nitrogens is 2. The molecular weight excluding hydrogens is 374 g/mol. The average molecular weight is 397 g/mol. The van der Waals surface area contributed by atoms with Crippen molar-refractivity contribution in [2.24, 2.45) is 0 Å². The Morgan fingerprint density at radius 2 is 2.10 bits per heavy atom. The molecule has 0 aliphatic heterocycles. The van der Waals surface area contributed by atoms with Gasteiger partial charge in [-0.1, -0.05) is 12.1 Å².